The van der Waals surface area contributed by atoms with Crippen LogP contribution in [0.5, 0.6) is 5.75 Å². The Morgan fingerprint density at radius 3 is 2.81 bits per heavy atom. The molecule has 1 N–H and O–H groups in total. The fourth-order valence-electron chi connectivity index (χ4n) is 2.74. The molecule has 1 saturated heterocycles. The van der Waals surface area contributed by atoms with Gasteiger partial charge in [-0.3, -0.25) is 19.7 Å². The Balaban J connectivity index is 1.60. The van der Waals surface area contributed by atoms with Crippen LogP contribution in [0.2, 0.25) is 5.02 Å². The SMILES string of the molecule is O=C(COc1cccc(N2CCCC2=O)c1)Nc1ccc(Cl)c([N+](=O)[O-])c1. The Kier molecular flexibility index (Phi) is 5.56. The number of nitro groups is 1. The molecular weight excluding hydrogens is 374 g/mol. The number of amides is 2. The lowest BCUT2D eigenvalue weighted by molar-refractivity contribution is -0.384. The van der Waals surface area contributed by atoms with Crippen LogP contribution >= 0.6 is 11.6 Å². The van der Waals surface area contributed by atoms with Crippen LogP contribution in [-0.4, -0.2) is 29.9 Å². The number of carbonyl (C=O) groups excluding carboxylic acids is 2. The molecule has 2 aromatic rings. The molecule has 0 saturated carbocycles. The van der Waals surface area contributed by atoms with Crippen molar-refractivity contribution < 1.29 is 19.2 Å². The summed E-state index contributed by atoms with van der Waals surface area (Å²) in [7, 11) is 0. The molecule has 0 aromatic heterocycles. The molecule has 27 heavy (non-hydrogen) atoms. The lowest BCUT2D eigenvalue weighted by Gasteiger charge is -2.16. The maximum absolute atomic E-state index is 12.0. The molecule has 0 aliphatic carbocycles. The van der Waals surface area contributed by atoms with Gasteiger partial charge < -0.3 is 15.0 Å². The lowest BCUT2D eigenvalue weighted by atomic mass is 10.2. The standard InChI is InChI=1S/C18H16ClN3O5/c19-15-7-6-12(9-16(15)22(25)26)20-17(23)11-27-14-4-1-3-13(10-14)21-8-2-5-18(21)24/h1,3-4,6-7,9-10H,2,5,8,11H2,(H,20,23). The molecule has 1 heterocycles. The zero-order valence-electron chi connectivity index (χ0n) is 14.2. The molecule has 8 nitrogen and oxygen atoms in total. The number of hydrogen-bond donors (Lipinski definition) is 1. The number of rotatable bonds is 6. The summed E-state index contributed by atoms with van der Waals surface area (Å²) >= 11 is 5.74. The Labute approximate surface area is 159 Å². The van der Waals surface area contributed by atoms with Gasteiger partial charge >= 0.3 is 0 Å². The maximum atomic E-state index is 12.0. The molecule has 3 rings (SSSR count). The van der Waals surface area contributed by atoms with E-state index in [9.17, 15) is 19.7 Å². The topological polar surface area (TPSA) is 102 Å². The predicted octanol–water partition coefficient (Wildman–Crippen LogP) is 3.39. The van der Waals surface area contributed by atoms with Crippen molar-refractivity contribution in [1.29, 1.82) is 0 Å². The number of ether oxygens (including phenoxy) is 1. The molecule has 1 fully saturated rings. The van der Waals surface area contributed by atoms with E-state index in [0.717, 1.165) is 12.1 Å². The summed E-state index contributed by atoms with van der Waals surface area (Å²) in [5, 5.41) is 13.4. The molecule has 1 aliphatic heterocycles. The van der Waals surface area contributed by atoms with E-state index < -0.39 is 10.8 Å². The van der Waals surface area contributed by atoms with Crippen molar-refractivity contribution in [3.05, 3.63) is 57.6 Å². The number of nitrogens with zero attached hydrogens (tertiary/aromatic N) is 2. The van der Waals surface area contributed by atoms with Crippen LogP contribution < -0.4 is 15.0 Å². The van der Waals surface area contributed by atoms with Gasteiger partial charge in [0.05, 0.1) is 4.92 Å². The molecule has 0 atom stereocenters. The second-order valence-electron chi connectivity index (χ2n) is 5.91. The fraction of sp³-hybridized carbons (Fsp3) is 0.222. The van der Waals surface area contributed by atoms with Gasteiger partial charge in [-0.05, 0) is 30.7 Å². The van der Waals surface area contributed by atoms with Gasteiger partial charge in [0.15, 0.2) is 6.61 Å². The number of halogens is 1. The summed E-state index contributed by atoms with van der Waals surface area (Å²) in [6.45, 7) is 0.381. The van der Waals surface area contributed by atoms with Gasteiger partial charge in [-0.15, -0.1) is 0 Å². The zero-order valence-corrected chi connectivity index (χ0v) is 14.9. The van der Waals surface area contributed by atoms with Gasteiger partial charge in [-0.25, -0.2) is 0 Å². The van der Waals surface area contributed by atoms with Crippen LogP contribution in [0.3, 0.4) is 0 Å². The molecule has 9 heteroatoms. The van der Waals surface area contributed by atoms with Crippen molar-refractivity contribution in [2.45, 2.75) is 12.8 Å². The highest BCUT2D eigenvalue weighted by molar-refractivity contribution is 6.32. The Bertz CT molecular complexity index is 902. The number of anilines is 2. The van der Waals surface area contributed by atoms with Gasteiger partial charge in [0.25, 0.3) is 11.6 Å². The molecule has 0 bridgehead atoms. The first kappa shape index (κ1) is 18.7. The van der Waals surface area contributed by atoms with E-state index in [0.29, 0.717) is 18.7 Å². The molecule has 140 valence electrons. The first-order valence-electron chi connectivity index (χ1n) is 8.21. The molecule has 0 spiro atoms. The Hall–Kier alpha value is -3.13. The Morgan fingerprint density at radius 1 is 1.30 bits per heavy atom. The third kappa shape index (κ3) is 4.53. The number of hydrogen-bond acceptors (Lipinski definition) is 5. The normalized spacial score (nSPS) is 13.5. The second-order valence-corrected chi connectivity index (χ2v) is 6.31. The number of nitro benzene ring substituents is 1. The number of benzene rings is 2. The van der Waals surface area contributed by atoms with E-state index in [1.165, 1.54) is 18.2 Å². The van der Waals surface area contributed by atoms with Crippen molar-refractivity contribution in [2.75, 3.05) is 23.4 Å². The van der Waals surface area contributed by atoms with E-state index >= 15 is 0 Å². The number of nitrogens with one attached hydrogen (secondary N) is 1. The fourth-order valence-corrected chi connectivity index (χ4v) is 2.93. The van der Waals surface area contributed by atoms with Crippen LogP contribution in [-0.2, 0) is 9.59 Å². The van der Waals surface area contributed by atoms with Gasteiger partial charge in [0, 0.05) is 36.5 Å². The minimum absolute atomic E-state index is 0.0116. The first-order chi connectivity index (χ1) is 12.9. The Morgan fingerprint density at radius 2 is 2.11 bits per heavy atom. The molecule has 1 aliphatic rings. The molecule has 2 aromatic carbocycles. The predicted molar refractivity (Wildman–Crippen MR) is 100 cm³/mol. The summed E-state index contributed by atoms with van der Waals surface area (Å²) in [4.78, 5) is 35.8. The molecular formula is C18H16ClN3O5. The van der Waals surface area contributed by atoms with Crippen LogP contribution in [0, 0.1) is 10.1 Å². The largest absolute Gasteiger partial charge is 0.484 e. The summed E-state index contributed by atoms with van der Waals surface area (Å²) in [6, 6.07) is 10.9. The van der Waals surface area contributed by atoms with Crippen LogP contribution in [0.25, 0.3) is 0 Å². The highest BCUT2D eigenvalue weighted by Gasteiger charge is 2.22. The third-order valence-electron chi connectivity index (χ3n) is 4.00. The molecule has 0 unspecified atom stereocenters. The summed E-state index contributed by atoms with van der Waals surface area (Å²) in [6.07, 6.45) is 1.35. The summed E-state index contributed by atoms with van der Waals surface area (Å²) in [5.74, 6) is 0.0351. The first-order valence-corrected chi connectivity index (χ1v) is 8.59. The van der Waals surface area contributed by atoms with Crippen molar-refractivity contribution in [3.8, 4) is 5.75 Å². The number of carbonyl (C=O) groups is 2. The van der Waals surface area contributed by atoms with E-state index in [1.807, 2.05) is 6.07 Å². The monoisotopic (exact) mass is 389 g/mol. The van der Waals surface area contributed by atoms with Gasteiger partial charge in [-0.1, -0.05) is 17.7 Å². The van der Waals surface area contributed by atoms with Crippen molar-refractivity contribution in [3.63, 3.8) is 0 Å². The lowest BCUT2D eigenvalue weighted by Crippen LogP contribution is -2.24. The average molecular weight is 390 g/mol. The van der Waals surface area contributed by atoms with Crippen molar-refractivity contribution in [2.24, 2.45) is 0 Å². The smallest absolute Gasteiger partial charge is 0.289 e. The van der Waals surface area contributed by atoms with Crippen molar-refractivity contribution in [1.82, 2.24) is 0 Å². The van der Waals surface area contributed by atoms with Crippen LogP contribution in [0.1, 0.15) is 12.8 Å². The maximum Gasteiger partial charge on any atom is 0.289 e. The molecule has 2 amide bonds. The van der Waals surface area contributed by atoms with E-state index in [4.69, 9.17) is 16.3 Å². The van der Waals surface area contributed by atoms with Crippen molar-refractivity contribution >= 4 is 40.5 Å². The summed E-state index contributed by atoms with van der Waals surface area (Å²) in [5.41, 5.74) is 0.679. The highest BCUT2D eigenvalue weighted by Crippen LogP contribution is 2.28. The van der Waals surface area contributed by atoms with Gasteiger partial charge in [0.2, 0.25) is 5.91 Å². The minimum atomic E-state index is -0.625. The van der Waals surface area contributed by atoms with E-state index in [2.05, 4.69) is 5.32 Å². The highest BCUT2D eigenvalue weighted by atomic mass is 35.5. The zero-order chi connectivity index (χ0) is 19.4. The molecule has 0 radical (unpaired) electrons. The van der Waals surface area contributed by atoms with Gasteiger partial charge in [0.1, 0.15) is 10.8 Å². The van der Waals surface area contributed by atoms with E-state index in [-0.39, 0.29) is 28.9 Å². The second kappa shape index (κ2) is 8.05. The minimum Gasteiger partial charge on any atom is -0.484 e. The van der Waals surface area contributed by atoms with Gasteiger partial charge in [-0.2, -0.15) is 0 Å². The quantitative estimate of drug-likeness (QED) is 0.602. The van der Waals surface area contributed by atoms with E-state index in [1.54, 1.807) is 23.1 Å². The van der Waals surface area contributed by atoms with Crippen LogP contribution in [0.15, 0.2) is 42.5 Å². The summed E-state index contributed by atoms with van der Waals surface area (Å²) < 4.78 is 5.47. The average Bonchev–Trinajstić information content (AvgIpc) is 3.07. The van der Waals surface area contributed by atoms with Crippen LogP contribution in [0.4, 0.5) is 17.1 Å². The third-order valence-corrected chi connectivity index (χ3v) is 4.32.